The molecular weight excluding hydrogens is 246 g/mol. The minimum absolute atomic E-state index is 0.257. The zero-order valence-electron chi connectivity index (χ0n) is 11.2. The van der Waals surface area contributed by atoms with E-state index in [1.54, 1.807) is 11.3 Å². The van der Waals surface area contributed by atoms with Crippen LogP contribution >= 0.6 is 11.3 Å². The first kappa shape index (κ1) is 12.5. The van der Waals surface area contributed by atoms with Gasteiger partial charge in [0.2, 0.25) is 0 Å². The number of rotatable bonds is 4. The smallest absolute Gasteiger partial charge is 0.131 e. The molecule has 0 amide bonds. The van der Waals surface area contributed by atoms with E-state index in [0.717, 1.165) is 22.6 Å². The summed E-state index contributed by atoms with van der Waals surface area (Å²) < 4.78 is 5.88. The molecule has 1 aromatic rings. The molecule has 2 aliphatic rings. The summed E-state index contributed by atoms with van der Waals surface area (Å²) in [6.07, 6.45) is 3.20. The van der Waals surface area contributed by atoms with Gasteiger partial charge in [0.05, 0.1) is 12.2 Å². The highest BCUT2D eigenvalue weighted by molar-refractivity contribution is 7.11. The summed E-state index contributed by atoms with van der Waals surface area (Å²) >= 11 is 1.74. The predicted molar refractivity (Wildman–Crippen MR) is 71.7 cm³/mol. The summed E-state index contributed by atoms with van der Waals surface area (Å²) in [6.45, 7) is 7.42. The molecule has 0 aromatic carbocycles. The molecular formula is C13H21N3OS. The van der Waals surface area contributed by atoms with Crippen LogP contribution in [0.3, 0.4) is 0 Å². The zero-order chi connectivity index (χ0) is 12.7. The van der Waals surface area contributed by atoms with Gasteiger partial charge in [-0.3, -0.25) is 0 Å². The van der Waals surface area contributed by atoms with Gasteiger partial charge in [0.15, 0.2) is 0 Å². The van der Waals surface area contributed by atoms with Crippen LogP contribution in [0.4, 0.5) is 0 Å². The van der Waals surface area contributed by atoms with E-state index in [4.69, 9.17) is 4.74 Å². The van der Waals surface area contributed by atoms with Crippen LogP contribution in [0.15, 0.2) is 0 Å². The van der Waals surface area contributed by atoms with Crippen LogP contribution in [0.2, 0.25) is 0 Å². The largest absolute Gasteiger partial charge is 0.375 e. The standard InChI is InChI=1S/C13H21N3OS/c1-7-8(2)17-9(3)12(7)13-16-15-11(18-13)6-14-10-4-5-10/h7-10,12,14H,4-6H2,1-3H3. The third kappa shape index (κ3) is 2.44. The Morgan fingerprint density at radius 3 is 2.61 bits per heavy atom. The first-order valence-electron chi connectivity index (χ1n) is 6.86. The quantitative estimate of drug-likeness (QED) is 0.909. The van der Waals surface area contributed by atoms with E-state index in [2.05, 4.69) is 36.3 Å². The van der Waals surface area contributed by atoms with Gasteiger partial charge in [-0.2, -0.15) is 0 Å². The highest BCUT2D eigenvalue weighted by Gasteiger charge is 2.40. The van der Waals surface area contributed by atoms with E-state index in [0.29, 0.717) is 17.9 Å². The number of aromatic nitrogens is 2. The van der Waals surface area contributed by atoms with Crippen LogP contribution in [0.25, 0.3) is 0 Å². The Kier molecular flexibility index (Phi) is 3.38. The van der Waals surface area contributed by atoms with Crippen LogP contribution in [0.1, 0.15) is 49.5 Å². The molecule has 1 N–H and O–H groups in total. The topological polar surface area (TPSA) is 47.0 Å². The van der Waals surface area contributed by atoms with E-state index in [1.165, 1.54) is 12.8 Å². The molecule has 4 unspecified atom stereocenters. The van der Waals surface area contributed by atoms with Crippen LogP contribution in [-0.2, 0) is 11.3 Å². The normalized spacial score (nSPS) is 36.2. The minimum atomic E-state index is 0.257. The highest BCUT2D eigenvalue weighted by atomic mass is 32.1. The molecule has 1 aliphatic heterocycles. The summed E-state index contributed by atoms with van der Waals surface area (Å²) in [5.74, 6) is 0.935. The SMILES string of the molecule is CC1OC(C)C(c2nnc(CNC3CC3)s2)C1C. The Labute approximate surface area is 112 Å². The summed E-state index contributed by atoms with van der Waals surface area (Å²) in [5.41, 5.74) is 0. The molecule has 0 spiro atoms. The third-order valence-corrected chi connectivity index (χ3v) is 5.15. The minimum Gasteiger partial charge on any atom is -0.375 e. The van der Waals surface area contributed by atoms with Crippen LogP contribution in [0, 0.1) is 5.92 Å². The Morgan fingerprint density at radius 2 is 2.00 bits per heavy atom. The van der Waals surface area contributed by atoms with Gasteiger partial charge in [-0.15, -0.1) is 10.2 Å². The lowest BCUT2D eigenvalue weighted by atomic mass is 9.90. The van der Waals surface area contributed by atoms with Gasteiger partial charge >= 0.3 is 0 Å². The van der Waals surface area contributed by atoms with Gasteiger partial charge in [-0.05, 0) is 32.6 Å². The lowest BCUT2D eigenvalue weighted by Crippen LogP contribution is -2.15. The van der Waals surface area contributed by atoms with Crippen molar-refractivity contribution in [2.75, 3.05) is 0 Å². The van der Waals surface area contributed by atoms with E-state index in [9.17, 15) is 0 Å². The third-order valence-electron chi connectivity index (χ3n) is 4.13. The van der Waals surface area contributed by atoms with E-state index in [-0.39, 0.29) is 6.10 Å². The molecule has 4 nitrogen and oxygen atoms in total. The first-order chi connectivity index (χ1) is 8.65. The lowest BCUT2D eigenvalue weighted by molar-refractivity contribution is 0.0556. The predicted octanol–water partition coefficient (Wildman–Crippen LogP) is 2.32. The lowest BCUT2D eigenvalue weighted by Gasteiger charge is -2.14. The van der Waals surface area contributed by atoms with Gasteiger partial charge in [0, 0.05) is 18.5 Å². The molecule has 2 heterocycles. The van der Waals surface area contributed by atoms with E-state index in [1.807, 2.05) is 0 Å². The average molecular weight is 267 g/mol. The van der Waals surface area contributed by atoms with Gasteiger partial charge < -0.3 is 10.1 Å². The Bertz CT molecular complexity index is 418. The molecule has 3 rings (SSSR count). The second-order valence-corrected chi connectivity index (χ2v) is 6.71. The number of ether oxygens (including phenoxy) is 1. The van der Waals surface area contributed by atoms with Crippen LogP contribution in [0.5, 0.6) is 0 Å². The van der Waals surface area contributed by atoms with Crippen molar-refractivity contribution in [3.63, 3.8) is 0 Å². The summed E-state index contributed by atoms with van der Waals surface area (Å²) in [7, 11) is 0. The molecule has 0 radical (unpaired) electrons. The molecule has 100 valence electrons. The van der Waals surface area contributed by atoms with Gasteiger partial charge in [-0.1, -0.05) is 18.3 Å². The maximum Gasteiger partial charge on any atom is 0.131 e. The van der Waals surface area contributed by atoms with Crippen molar-refractivity contribution in [1.82, 2.24) is 15.5 Å². The number of hydrogen-bond donors (Lipinski definition) is 1. The number of hydrogen-bond acceptors (Lipinski definition) is 5. The fraction of sp³-hybridized carbons (Fsp3) is 0.846. The molecule has 1 aliphatic carbocycles. The second kappa shape index (κ2) is 4.87. The highest BCUT2D eigenvalue weighted by Crippen LogP contribution is 2.40. The number of nitrogens with zero attached hydrogens (tertiary/aromatic N) is 2. The monoisotopic (exact) mass is 267 g/mol. The van der Waals surface area contributed by atoms with Crippen molar-refractivity contribution in [2.45, 2.75) is 64.3 Å². The van der Waals surface area contributed by atoms with E-state index >= 15 is 0 Å². The maximum absolute atomic E-state index is 5.88. The maximum atomic E-state index is 5.88. The van der Waals surface area contributed by atoms with Crippen molar-refractivity contribution in [1.29, 1.82) is 0 Å². The average Bonchev–Trinajstić information content (AvgIpc) is 2.99. The fourth-order valence-corrected chi connectivity index (χ4v) is 3.79. The Morgan fingerprint density at radius 1 is 1.22 bits per heavy atom. The van der Waals surface area contributed by atoms with Crippen molar-refractivity contribution in [3.8, 4) is 0 Å². The Balaban J connectivity index is 1.67. The molecule has 0 bridgehead atoms. The molecule has 5 heteroatoms. The van der Waals surface area contributed by atoms with Crippen LogP contribution in [-0.4, -0.2) is 28.4 Å². The Hall–Kier alpha value is -0.520. The van der Waals surface area contributed by atoms with Crippen LogP contribution < -0.4 is 5.32 Å². The molecule has 1 aromatic heterocycles. The van der Waals surface area contributed by atoms with Crippen molar-refractivity contribution < 1.29 is 4.74 Å². The van der Waals surface area contributed by atoms with Gasteiger partial charge in [0.1, 0.15) is 10.0 Å². The second-order valence-electron chi connectivity index (χ2n) is 5.62. The summed E-state index contributed by atoms with van der Waals surface area (Å²) in [4.78, 5) is 0. The summed E-state index contributed by atoms with van der Waals surface area (Å²) in [5, 5.41) is 14.4. The molecule has 1 saturated heterocycles. The van der Waals surface area contributed by atoms with Crippen molar-refractivity contribution >= 4 is 11.3 Å². The van der Waals surface area contributed by atoms with Crippen molar-refractivity contribution in [2.24, 2.45) is 5.92 Å². The fourth-order valence-electron chi connectivity index (χ4n) is 2.68. The molecule has 2 fully saturated rings. The zero-order valence-corrected chi connectivity index (χ0v) is 12.0. The van der Waals surface area contributed by atoms with Crippen molar-refractivity contribution in [3.05, 3.63) is 10.0 Å². The molecule has 4 atom stereocenters. The number of nitrogens with one attached hydrogen (secondary N) is 1. The van der Waals surface area contributed by atoms with Gasteiger partial charge in [0.25, 0.3) is 0 Å². The molecule has 1 saturated carbocycles. The van der Waals surface area contributed by atoms with Gasteiger partial charge in [-0.25, -0.2) is 0 Å². The first-order valence-corrected chi connectivity index (χ1v) is 7.68. The molecule has 18 heavy (non-hydrogen) atoms. The van der Waals surface area contributed by atoms with E-state index < -0.39 is 0 Å². The summed E-state index contributed by atoms with van der Waals surface area (Å²) in [6, 6.07) is 0.727.